The summed E-state index contributed by atoms with van der Waals surface area (Å²) < 4.78 is 11.0. The summed E-state index contributed by atoms with van der Waals surface area (Å²) in [6, 6.07) is 12.9. The summed E-state index contributed by atoms with van der Waals surface area (Å²) in [5, 5.41) is 3.07. The Bertz CT molecular complexity index is 854. The maximum atomic E-state index is 6.13. The molecule has 0 bridgehead atoms. The SMILES string of the molecule is COc1ccccc1Oc1ncnc(Nc2cccc(C)n2)c1N. The van der Waals surface area contributed by atoms with E-state index in [0.717, 1.165) is 5.69 Å². The van der Waals surface area contributed by atoms with Crippen molar-refractivity contribution in [2.45, 2.75) is 6.92 Å². The molecule has 0 unspecified atom stereocenters. The highest BCUT2D eigenvalue weighted by molar-refractivity contribution is 5.71. The van der Waals surface area contributed by atoms with Gasteiger partial charge in [-0.15, -0.1) is 0 Å². The minimum absolute atomic E-state index is 0.240. The van der Waals surface area contributed by atoms with Crippen LogP contribution in [-0.2, 0) is 0 Å². The van der Waals surface area contributed by atoms with Crippen molar-refractivity contribution < 1.29 is 9.47 Å². The Labute approximate surface area is 139 Å². The first-order valence-electron chi connectivity index (χ1n) is 7.29. The van der Waals surface area contributed by atoms with Crippen LogP contribution in [0, 0.1) is 6.92 Å². The molecule has 0 aliphatic heterocycles. The summed E-state index contributed by atoms with van der Waals surface area (Å²) in [5.74, 6) is 2.41. The van der Waals surface area contributed by atoms with Crippen LogP contribution in [0.25, 0.3) is 0 Å². The number of para-hydroxylation sites is 2. The highest BCUT2D eigenvalue weighted by Gasteiger charge is 2.13. The molecule has 7 nitrogen and oxygen atoms in total. The zero-order valence-electron chi connectivity index (χ0n) is 13.4. The number of aromatic nitrogens is 3. The molecule has 2 heterocycles. The van der Waals surface area contributed by atoms with Crippen LogP contribution in [0.3, 0.4) is 0 Å². The van der Waals surface area contributed by atoms with E-state index in [4.69, 9.17) is 15.2 Å². The molecule has 0 aliphatic carbocycles. The highest BCUT2D eigenvalue weighted by Crippen LogP contribution is 2.34. The zero-order valence-corrected chi connectivity index (χ0v) is 13.4. The summed E-state index contributed by atoms with van der Waals surface area (Å²) in [4.78, 5) is 12.6. The maximum absolute atomic E-state index is 6.13. The summed E-state index contributed by atoms with van der Waals surface area (Å²) in [7, 11) is 1.57. The van der Waals surface area contributed by atoms with Crippen molar-refractivity contribution in [2.75, 3.05) is 18.2 Å². The topological polar surface area (TPSA) is 95.2 Å². The molecule has 24 heavy (non-hydrogen) atoms. The van der Waals surface area contributed by atoms with Crippen LogP contribution < -0.4 is 20.5 Å². The zero-order chi connectivity index (χ0) is 16.9. The molecule has 0 spiro atoms. The second-order valence-corrected chi connectivity index (χ2v) is 4.98. The van der Waals surface area contributed by atoms with E-state index in [-0.39, 0.29) is 11.6 Å². The van der Waals surface area contributed by atoms with Crippen LogP contribution in [0.5, 0.6) is 17.4 Å². The van der Waals surface area contributed by atoms with Crippen LogP contribution in [0.15, 0.2) is 48.8 Å². The summed E-state index contributed by atoms with van der Waals surface area (Å²) in [6.45, 7) is 1.91. The number of benzene rings is 1. The Morgan fingerprint density at radius 1 is 1.00 bits per heavy atom. The molecular formula is C17H17N5O2. The Kier molecular flexibility index (Phi) is 4.42. The second-order valence-electron chi connectivity index (χ2n) is 4.98. The average molecular weight is 323 g/mol. The minimum atomic E-state index is 0.240. The molecule has 0 saturated carbocycles. The summed E-state index contributed by atoms with van der Waals surface area (Å²) >= 11 is 0. The number of nitrogen functional groups attached to an aromatic ring is 1. The van der Waals surface area contributed by atoms with Crippen molar-refractivity contribution in [3.63, 3.8) is 0 Å². The molecule has 0 atom stereocenters. The van der Waals surface area contributed by atoms with Crippen LogP contribution >= 0.6 is 0 Å². The van der Waals surface area contributed by atoms with Crippen molar-refractivity contribution >= 4 is 17.3 Å². The number of rotatable bonds is 5. The van der Waals surface area contributed by atoms with Gasteiger partial charge >= 0.3 is 0 Å². The van der Waals surface area contributed by atoms with Crippen molar-refractivity contribution in [2.24, 2.45) is 0 Å². The van der Waals surface area contributed by atoms with E-state index in [1.165, 1.54) is 6.33 Å². The first-order valence-corrected chi connectivity index (χ1v) is 7.29. The molecule has 3 N–H and O–H groups in total. The molecular weight excluding hydrogens is 306 g/mol. The van der Waals surface area contributed by atoms with Gasteiger partial charge in [-0.1, -0.05) is 18.2 Å². The molecule has 0 aliphatic rings. The predicted molar refractivity (Wildman–Crippen MR) is 91.8 cm³/mol. The number of nitrogens with zero attached hydrogens (tertiary/aromatic N) is 3. The van der Waals surface area contributed by atoms with Gasteiger partial charge in [-0.25, -0.2) is 9.97 Å². The lowest BCUT2D eigenvalue weighted by molar-refractivity contribution is 0.374. The third-order valence-electron chi connectivity index (χ3n) is 3.26. The van der Waals surface area contributed by atoms with Crippen LogP contribution in [0.4, 0.5) is 17.3 Å². The summed E-state index contributed by atoms with van der Waals surface area (Å²) in [6.07, 6.45) is 1.37. The van der Waals surface area contributed by atoms with Crippen LogP contribution in [0.2, 0.25) is 0 Å². The van der Waals surface area contributed by atoms with E-state index < -0.39 is 0 Å². The Balaban J connectivity index is 1.88. The third kappa shape index (κ3) is 3.35. The molecule has 2 aromatic heterocycles. The molecule has 3 rings (SSSR count). The van der Waals surface area contributed by atoms with Crippen molar-refractivity contribution in [1.29, 1.82) is 0 Å². The molecule has 1 aromatic carbocycles. The average Bonchev–Trinajstić information content (AvgIpc) is 2.59. The number of nitrogens with two attached hydrogens (primary N) is 1. The summed E-state index contributed by atoms with van der Waals surface area (Å²) in [5.41, 5.74) is 7.30. The molecule has 0 saturated heterocycles. The van der Waals surface area contributed by atoms with Gasteiger partial charge in [0, 0.05) is 5.69 Å². The van der Waals surface area contributed by atoms with Gasteiger partial charge in [0.05, 0.1) is 7.11 Å². The van der Waals surface area contributed by atoms with E-state index in [1.807, 2.05) is 37.3 Å². The molecule has 0 amide bonds. The van der Waals surface area contributed by atoms with Crippen molar-refractivity contribution in [3.8, 4) is 17.4 Å². The first-order chi connectivity index (χ1) is 11.7. The fraction of sp³-hybridized carbons (Fsp3) is 0.118. The molecule has 122 valence electrons. The van der Waals surface area contributed by atoms with Gasteiger partial charge in [0.15, 0.2) is 17.3 Å². The van der Waals surface area contributed by atoms with Gasteiger partial charge in [0.25, 0.3) is 0 Å². The Morgan fingerprint density at radius 2 is 1.79 bits per heavy atom. The van der Waals surface area contributed by atoms with E-state index in [2.05, 4.69) is 20.3 Å². The van der Waals surface area contributed by atoms with Gasteiger partial charge in [0.2, 0.25) is 5.88 Å². The minimum Gasteiger partial charge on any atom is -0.493 e. The lowest BCUT2D eigenvalue weighted by Crippen LogP contribution is -2.04. The lowest BCUT2D eigenvalue weighted by Gasteiger charge is -2.13. The van der Waals surface area contributed by atoms with E-state index in [9.17, 15) is 0 Å². The molecule has 0 radical (unpaired) electrons. The normalized spacial score (nSPS) is 10.2. The molecule has 0 fully saturated rings. The number of hydrogen-bond donors (Lipinski definition) is 2. The number of hydrogen-bond acceptors (Lipinski definition) is 7. The van der Waals surface area contributed by atoms with Crippen molar-refractivity contribution in [1.82, 2.24) is 15.0 Å². The number of aryl methyl sites for hydroxylation is 1. The lowest BCUT2D eigenvalue weighted by atomic mass is 10.3. The van der Waals surface area contributed by atoms with Crippen molar-refractivity contribution in [3.05, 3.63) is 54.5 Å². The number of pyridine rings is 1. The Morgan fingerprint density at radius 3 is 2.54 bits per heavy atom. The number of methoxy groups -OCH3 is 1. The van der Waals surface area contributed by atoms with E-state index in [1.54, 1.807) is 19.2 Å². The third-order valence-corrected chi connectivity index (χ3v) is 3.26. The number of nitrogens with one attached hydrogen (secondary N) is 1. The van der Waals surface area contributed by atoms with Gasteiger partial charge in [0.1, 0.15) is 17.8 Å². The van der Waals surface area contributed by atoms with Gasteiger partial charge < -0.3 is 20.5 Å². The second kappa shape index (κ2) is 6.82. The van der Waals surface area contributed by atoms with Gasteiger partial charge in [-0.3, -0.25) is 0 Å². The van der Waals surface area contributed by atoms with E-state index >= 15 is 0 Å². The molecule has 3 aromatic rings. The largest absolute Gasteiger partial charge is 0.493 e. The van der Waals surface area contributed by atoms with Crippen LogP contribution in [0.1, 0.15) is 5.69 Å². The fourth-order valence-electron chi connectivity index (χ4n) is 2.10. The number of ether oxygens (including phenoxy) is 2. The highest BCUT2D eigenvalue weighted by atomic mass is 16.5. The number of anilines is 3. The predicted octanol–water partition coefficient (Wildman–Crippen LogP) is 3.31. The standard InChI is InChI=1S/C17H17N5O2/c1-11-6-5-9-14(21-11)22-16-15(18)17(20-10-19-16)24-13-8-4-3-7-12(13)23-2/h3-10H,18H2,1-2H3,(H,19,20,21,22). The van der Waals surface area contributed by atoms with Crippen LogP contribution in [-0.4, -0.2) is 22.1 Å². The monoisotopic (exact) mass is 323 g/mol. The maximum Gasteiger partial charge on any atom is 0.248 e. The van der Waals surface area contributed by atoms with Gasteiger partial charge in [-0.2, -0.15) is 4.98 Å². The van der Waals surface area contributed by atoms with Gasteiger partial charge in [-0.05, 0) is 31.2 Å². The quantitative estimate of drug-likeness (QED) is 0.743. The van der Waals surface area contributed by atoms with E-state index in [0.29, 0.717) is 23.1 Å². The smallest absolute Gasteiger partial charge is 0.248 e. The Hall–Kier alpha value is -3.35. The first kappa shape index (κ1) is 15.5. The molecule has 7 heteroatoms. The fourth-order valence-corrected chi connectivity index (χ4v) is 2.10.